The van der Waals surface area contributed by atoms with Crippen LogP contribution in [0.25, 0.3) is 0 Å². The first-order valence-electron chi connectivity index (χ1n) is 6.80. The van der Waals surface area contributed by atoms with Crippen LogP contribution < -0.4 is 16.0 Å². The molecular formula is C16H15Cl2N3O2. The van der Waals surface area contributed by atoms with Gasteiger partial charge in [-0.2, -0.15) is 0 Å². The molecule has 0 heterocycles. The summed E-state index contributed by atoms with van der Waals surface area (Å²) < 4.78 is 0. The van der Waals surface area contributed by atoms with E-state index in [2.05, 4.69) is 16.0 Å². The van der Waals surface area contributed by atoms with Gasteiger partial charge in [-0.1, -0.05) is 29.3 Å². The Morgan fingerprint density at radius 3 is 2.57 bits per heavy atom. The summed E-state index contributed by atoms with van der Waals surface area (Å²) in [6, 6.07) is 11.7. The van der Waals surface area contributed by atoms with E-state index in [-0.39, 0.29) is 18.4 Å². The minimum Gasteiger partial charge on any atom is -0.376 e. The maximum absolute atomic E-state index is 12.0. The third kappa shape index (κ3) is 4.87. The second-order valence-electron chi connectivity index (χ2n) is 4.69. The van der Waals surface area contributed by atoms with Crippen LogP contribution in [0.15, 0.2) is 42.5 Å². The smallest absolute Gasteiger partial charge is 0.251 e. The lowest BCUT2D eigenvalue weighted by Gasteiger charge is -2.10. The van der Waals surface area contributed by atoms with Crippen molar-refractivity contribution in [3.05, 3.63) is 58.1 Å². The zero-order chi connectivity index (χ0) is 16.8. The van der Waals surface area contributed by atoms with Crippen molar-refractivity contribution >= 4 is 46.4 Å². The van der Waals surface area contributed by atoms with Gasteiger partial charge in [0.15, 0.2) is 0 Å². The van der Waals surface area contributed by atoms with Gasteiger partial charge in [0, 0.05) is 23.3 Å². The Bertz CT molecular complexity index is 735. The van der Waals surface area contributed by atoms with E-state index in [1.165, 1.54) is 0 Å². The van der Waals surface area contributed by atoms with Crippen LogP contribution in [0, 0.1) is 0 Å². The molecule has 0 saturated heterocycles. The molecule has 0 aliphatic rings. The summed E-state index contributed by atoms with van der Waals surface area (Å²) in [4.78, 5) is 23.5. The highest BCUT2D eigenvalue weighted by Crippen LogP contribution is 2.25. The number of carbonyl (C=O) groups excluding carboxylic acids is 2. The minimum absolute atomic E-state index is 0.0378. The van der Waals surface area contributed by atoms with Gasteiger partial charge in [0.05, 0.1) is 17.3 Å². The summed E-state index contributed by atoms with van der Waals surface area (Å²) in [7, 11) is 1.56. The fourth-order valence-electron chi connectivity index (χ4n) is 1.88. The van der Waals surface area contributed by atoms with Crippen LogP contribution in [0.1, 0.15) is 10.4 Å². The summed E-state index contributed by atoms with van der Waals surface area (Å²) in [5.41, 5.74) is 1.67. The molecular weight excluding hydrogens is 337 g/mol. The molecule has 0 spiro atoms. The van der Waals surface area contributed by atoms with Crippen LogP contribution in [0.3, 0.4) is 0 Å². The van der Waals surface area contributed by atoms with Gasteiger partial charge in [0.25, 0.3) is 5.91 Å². The molecule has 0 radical (unpaired) electrons. The third-order valence-electron chi connectivity index (χ3n) is 3.01. The van der Waals surface area contributed by atoms with Crippen LogP contribution in [0.4, 0.5) is 11.4 Å². The highest BCUT2D eigenvalue weighted by atomic mass is 35.5. The molecule has 0 aromatic heterocycles. The van der Waals surface area contributed by atoms with Gasteiger partial charge >= 0.3 is 0 Å². The van der Waals surface area contributed by atoms with Crippen LogP contribution in [-0.4, -0.2) is 25.4 Å². The second kappa shape index (κ2) is 7.85. The molecule has 120 valence electrons. The van der Waals surface area contributed by atoms with Crippen LogP contribution in [-0.2, 0) is 4.79 Å². The first kappa shape index (κ1) is 17.1. The van der Waals surface area contributed by atoms with Crippen molar-refractivity contribution in [1.82, 2.24) is 5.32 Å². The lowest BCUT2D eigenvalue weighted by molar-refractivity contribution is -0.114. The highest BCUT2D eigenvalue weighted by Gasteiger charge is 2.07. The van der Waals surface area contributed by atoms with E-state index >= 15 is 0 Å². The normalized spacial score (nSPS) is 10.0. The molecule has 0 unspecified atom stereocenters. The molecule has 3 N–H and O–H groups in total. The van der Waals surface area contributed by atoms with Crippen molar-refractivity contribution < 1.29 is 9.59 Å². The maximum atomic E-state index is 12.0. The molecule has 0 aliphatic heterocycles. The molecule has 2 aromatic carbocycles. The number of halogens is 2. The number of anilines is 2. The monoisotopic (exact) mass is 351 g/mol. The Balaban J connectivity index is 1.95. The van der Waals surface area contributed by atoms with Crippen molar-refractivity contribution in [3.63, 3.8) is 0 Å². The van der Waals surface area contributed by atoms with Crippen LogP contribution in [0.5, 0.6) is 0 Å². The van der Waals surface area contributed by atoms with Gasteiger partial charge in [0.1, 0.15) is 0 Å². The molecule has 2 rings (SSSR count). The van der Waals surface area contributed by atoms with E-state index in [0.29, 0.717) is 27.0 Å². The first-order chi connectivity index (χ1) is 11.0. The molecule has 2 aromatic rings. The fourth-order valence-corrected chi connectivity index (χ4v) is 2.34. The van der Waals surface area contributed by atoms with Gasteiger partial charge < -0.3 is 16.0 Å². The van der Waals surface area contributed by atoms with Crippen molar-refractivity contribution in [3.8, 4) is 0 Å². The topological polar surface area (TPSA) is 70.2 Å². The predicted molar refractivity (Wildman–Crippen MR) is 93.4 cm³/mol. The van der Waals surface area contributed by atoms with Gasteiger partial charge in [-0.3, -0.25) is 9.59 Å². The zero-order valence-corrected chi connectivity index (χ0v) is 13.8. The lowest BCUT2D eigenvalue weighted by Crippen LogP contribution is -2.22. The van der Waals surface area contributed by atoms with E-state index in [1.807, 2.05) is 0 Å². The highest BCUT2D eigenvalue weighted by molar-refractivity contribution is 6.36. The summed E-state index contributed by atoms with van der Waals surface area (Å²) in [6.07, 6.45) is 0. The van der Waals surface area contributed by atoms with E-state index in [4.69, 9.17) is 23.2 Å². The number of nitrogens with one attached hydrogen (secondary N) is 3. The van der Waals surface area contributed by atoms with Crippen LogP contribution in [0.2, 0.25) is 10.0 Å². The zero-order valence-electron chi connectivity index (χ0n) is 12.3. The minimum atomic E-state index is -0.264. The Labute approximate surface area is 144 Å². The second-order valence-corrected chi connectivity index (χ2v) is 5.53. The number of hydrogen-bond donors (Lipinski definition) is 3. The molecule has 0 fully saturated rings. The molecule has 5 nitrogen and oxygen atoms in total. The van der Waals surface area contributed by atoms with E-state index in [9.17, 15) is 9.59 Å². The average Bonchev–Trinajstić information content (AvgIpc) is 2.55. The standard InChI is InChI=1S/C16H15Cl2N3O2/c1-19-16(23)10-3-2-4-12(7-10)20-9-15(22)21-14-6-5-11(17)8-13(14)18/h2-8,20H,9H2,1H3,(H,19,23)(H,21,22). The Hall–Kier alpha value is -2.24. The molecule has 0 atom stereocenters. The largest absolute Gasteiger partial charge is 0.376 e. The summed E-state index contributed by atoms with van der Waals surface area (Å²) in [5, 5.41) is 9.05. The number of rotatable bonds is 5. The summed E-state index contributed by atoms with van der Waals surface area (Å²) in [5.74, 6) is -0.453. The van der Waals surface area contributed by atoms with Crippen molar-refractivity contribution in [1.29, 1.82) is 0 Å². The molecule has 0 bridgehead atoms. The lowest BCUT2D eigenvalue weighted by atomic mass is 10.2. The Morgan fingerprint density at radius 1 is 1.09 bits per heavy atom. The van der Waals surface area contributed by atoms with Crippen LogP contribution >= 0.6 is 23.2 Å². The Morgan fingerprint density at radius 2 is 1.87 bits per heavy atom. The summed E-state index contributed by atoms with van der Waals surface area (Å²) >= 11 is 11.8. The van der Waals surface area contributed by atoms with Gasteiger partial charge in [-0.05, 0) is 36.4 Å². The summed E-state index contributed by atoms with van der Waals surface area (Å²) in [6.45, 7) is 0.0378. The molecule has 0 aliphatic carbocycles. The first-order valence-corrected chi connectivity index (χ1v) is 7.56. The number of benzene rings is 2. The van der Waals surface area contributed by atoms with Crippen molar-refractivity contribution in [2.45, 2.75) is 0 Å². The van der Waals surface area contributed by atoms with Crippen molar-refractivity contribution in [2.24, 2.45) is 0 Å². The predicted octanol–water partition coefficient (Wildman–Crippen LogP) is 3.40. The number of amides is 2. The number of hydrogen-bond acceptors (Lipinski definition) is 3. The quantitative estimate of drug-likeness (QED) is 0.772. The molecule has 2 amide bonds. The third-order valence-corrected chi connectivity index (χ3v) is 3.56. The molecule has 7 heteroatoms. The van der Waals surface area contributed by atoms with E-state index in [1.54, 1.807) is 49.5 Å². The van der Waals surface area contributed by atoms with Gasteiger partial charge in [-0.25, -0.2) is 0 Å². The molecule has 0 saturated carbocycles. The van der Waals surface area contributed by atoms with Gasteiger partial charge in [0.2, 0.25) is 5.91 Å². The SMILES string of the molecule is CNC(=O)c1cccc(NCC(=O)Nc2ccc(Cl)cc2Cl)c1. The van der Waals surface area contributed by atoms with E-state index < -0.39 is 0 Å². The maximum Gasteiger partial charge on any atom is 0.251 e. The molecule has 23 heavy (non-hydrogen) atoms. The Kier molecular flexibility index (Phi) is 5.84. The number of carbonyl (C=O) groups is 2. The van der Waals surface area contributed by atoms with Gasteiger partial charge in [-0.15, -0.1) is 0 Å². The van der Waals surface area contributed by atoms with E-state index in [0.717, 1.165) is 0 Å². The fraction of sp³-hybridized carbons (Fsp3) is 0.125. The van der Waals surface area contributed by atoms with Crippen molar-refractivity contribution in [2.75, 3.05) is 24.2 Å². The average molecular weight is 352 g/mol.